The number of piperidine rings is 1. The molecule has 1 aliphatic heterocycles. The maximum atomic E-state index is 12.0. The number of carbonyl (C=O) groups excluding carboxylic acids is 1. The van der Waals surface area contributed by atoms with Crippen LogP contribution in [-0.2, 0) is 16.1 Å². The molecule has 3 N–H and O–H groups in total. The minimum atomic E-state index is -0.180. The monoisotopic (exact) mass is 285 g/mol. The van der Waals surface area contributed by atoms with Crippen LogP contribution in [0.2, 0.25) is 0 Å². The van der Waals surface area contributed by atoms with E-state index in [-0.39, 0.29) is 12.0 Å². The Hall–Kier alpha value is -1.25. The molecule has 0 radical (unpaired) electrons. The average Bonchev–Trinajstić information content (AvgIpc) is 2.87. The largest absolute Gasteiger partial charge is 0.465 e. The van der Waals surface area contributed by atoms with Crippen molar-refractivity contribution in [3.05, 3.63) is 5.69 Å². The van der Waals surface area contributed by atoms with Gasteiger partial charge in [-0.25, -0.2) is 5.84 Å². The lowest BCUT2D eigenvalue weighted by Gasteiger charge is -2.33. The van der Waals surface area contributed by atoms with Crippen molar-refractivity contribution in [2.75, 3.05) is 18.6 Å². The van der Waals surface area contributed by atoms with Crippen molar-refractivity contribution in [1.82, 2.24) is 14.5 Å². The number of nitrogens with two attached hydrogens (primary N) is 1. The van der Waals surface area contributed by atoms with Crippen molar-refractivity contribution >= 4 is 22.5 Å². The molecular weight excluding hydrogens is 266 g/mol. The minimum absolute atomic E-state index is 0.146. The second kappa shape index (κ2) is 6.78. The number of hydrogen-bond acceptors (Lipinski definition) is 8. The van der Waals surface area contributed by atoms with Crippen molar-refractivity contribution in [1.29, 1.82) is 0 Å². The van der Waals surface area contributed by atoms with Crippen molar-refractivity contribution in [3.63, 3.8) is 0 Å². The molecule has 1 aromatic rings. The van der Waals surface area contributed by atoms with Gasteiger partial charge in [0.2, 0.25) is 0 Å². The van der Waals surface area contributed by atoms with Gasteiger partial charge < -0.3 is 10.2 Å². The number of nitrogens with one attached hydrogen (secondary N) is 1. The van der Waals surface area contributed by atoms with Gasteiger partial charge in [-0.05, 0) is 26.3 Å². The molecule has 7 nitrogen and oxygen atoms in total. The number of ether oxygens (including phenoxy) is 1. The molecule has 1 fully saturated rings. The number of nitrogens with zero attached hydrogens (tertiary/aromatic N) is 3. The van der Waals surface area contributed by atoms with E-state index in [1.54, 1.807) is 0 Å². The van der Waals surface area contributed by atoms with Gasteiger partial charge in [-0.3, -0.25) is 9.69 Å². The van der Waals surface area contributed by atoms with Gasteiger partial charge in [0.15, 0.2) is 0 Å². The Kier molecular flexibility index (Phi) is 5.06. The molecule has 19 heavy (non-hydrogen) atoms. The van der Waals surface area contributed by atoms with Crippen molar-refractivity contribution < 1.29 is 9.53 Å². The topological polar surface area (TPSA) is 93.4 Å². The van der Waals surface area contributed by atoms with E-state index in [0.29, 0.717) is 13.2 Å². The van der Waals surface area contributed by atoms with Gasteiger partial charge in [0, 0.05) is 18.1 Å². The third kappa shape index (κ3) is 3.40. The molecule has 1 aromatic heterocycles. The van der Waals surface area contributed by atoms with Crippen LogP contribution >= 0.6 is 11.5 Å². The van der Waals surface area contributed by atoms with Crippen molar-refractivity contribution in [2.45, 2.75) is 38.8 Å². The van der Waals surface area contributed by atoms with Crippen molar-refractivity contribution in [3.8, 4) is 0 Å². The van der Waals surface area contributed by atoms with Gasteiger partial charge in [-0.15, -0.1) is 5.10 Å². The Morgan fingerprint density at radius 2 is 2.47 bits per heavy atom. The van der Waals surface area contributed by atoms with Gasteiger partial charge in [0.25, 0.3) is 0 Å². The Balaban J connectivity index is 2.05. The quantitative estimate of drug-likeness (QED) is 0.468. The standard InChI is InChI=1S/C11H19N5O2S/c1-2-18-11(17)9-5-3-4-6-16(9)7-8-10(13-12)19-15-14-8/h9,13H,2-7,12H2,1H3. The normalized spacial score (nSPS) is 20.2. The highest BCUT2D eigenvalue weighted by atomic mass is 32.1. The molecule has 0 bridgehead atoms. The highest BCUT2D eigenvalue weighted by Crippen LogP contribution is 2.24. The van der Waals surface area contributed by atoms with E-state index < -0.39 is 0 Å². The fraction of sp³-hybridized carbons (Fsp3) is 0.727. The molecule has 0 amide bonds. The molecular formula is C11H19N5O2S. The predicted octanol–water partition coefficient (Wildman–Crippen LogP) is 0.741. The van der Waals surface area contributed by atoms with E-state index in [2.05, 4.69) is 19.9 Å². The summed E-state index contributed by atoms with van der Waals surface area (Å²) in [7, 11) is 0. The number of aromatic nitrogens is 2. The van der Waals surface area contributed by atoms with Crippen LogP contribution in [0.3, 0.4) is 0 Å². The maximum Gasteiger partial charge on any atom is 0.323 e. The molecule has 1 atom stereocenters. The molecule has 0 aromatic carbocycles. The molecule has 0 aliphatic carbocycles. The first-order valence-electron chi connectivity index (χ1n) is 6.44. The zero-order chi connectivity index (χ0) is 13.7. The zero-order valence-corrected chi connectivity index (χ0v) is 11.8. The number of carbonyl (C=O) groups is 1. The number of rotatable bonds is 5. The van der Waals surface area contributed by atoms with Gasteiger partial charge in [-0.1, -0.05) is 10.9 Å². The number of hydrogen-bond donors (Lipinski definition) is 2. The van der Waals surface area contributed by atoms with Gasteiger partial charge in [0.05, 0.1) is 6.61 Å². The SMILES string of the molecule is CCOC(=O)C1CCCCN1Cc1nnsc1NN. The lowest BCUT2D eigenvalue weighted by Crippen LogP contribution is -2.45. The highest BCUT2D eigenvalue weighted by molar-refractivity contribution is 7.10. The number of likely N-dealkylation sites (tertiary alicyclic amines) is 1. The summed E-state index contributed by atoms with van der Waals surface area (Å²) >= 11 is 1.22. The molecule has 1 saturated heterocycles. The Morgan fingerprint density at radius 3 is 3.21 bits per heavy atom. The third-order valence-electron chi connectivity index (χ3n) is 3.21. The van der Waals surface area contributed by atoms with E-state index in [0.717, 1.165) is 36.5 Å². The summed E-state index contributed by atoms with van der Waals surface area (Å²) in [6.07, 6.45) is 2.97. The molecule has 106 valence electrons. The molecule has 2 heterocycles. The molecule has 2 rings (SSSR count). The van der Waals surface area contributed by atoms with Gasteiger partial charge in [-0.2, -0.15) is 0 Å². The summed E-state index contributed by atoms with van der Waals surface area (Å²) in [6, 6.07) is -0.180. The molecule has 1 unspecified atom stereocenters. The summed E-state index contributed by atoms with van der Waals surface area (Å²) in [6.45, 7) is 3.67. The van der Waals surface area contributed by atoms with Crippen LogP contribution in [-0.4, -0.2) is 39.6 Å². The summed E-state index contributed by atoms with van der Waals surface area (Å²) in [4.78, 5) is 14.1. The lowest BCUT2D eigenvalue weighted by atomic mass is 10.0. The molecule has 8 heteroatoms. The number of hydrazine groups is 1. The first-order valence-corrected chi connectivity index (χ1v) is 7.22. The number of nitrogen functional groups attached to an aromatic ring is 1. The Bertz CT molecular complexity index is 425. The second-order valence-corrected chi connectivity index (χ2v) is 5.18. The van der Waals surface area contributed by atoms with Crippen LogP contribution < -0.4 is 11.3 Å². The average molecular weight is 285 g/mol. The van der Waals surface area contributed by atoms with Crippen LogP contribution in [0.25, 0.3) is 0 Å². The zero-order valence-electron chi connectivity index (χ0n) is 11.0. The van der Waals surface area contributed by atoms with E-state index in [4.69, 9.17) is 10.6 Å². The number of esters is 1. The number of anilines is 1. The van der Waals surface area contributed by atoms with Crippen LogP contribution in [0, 0.1) is 0 Å². The van der Waals surface area contributed by atoms with Crippen LogP contribution in [0.1, 0.15) is 31.9 Å². The third-order valence-corrected chi connectivity index (χ3v) is 3.91. The van der Waals surface area contributed by atoms with Crippen LogP contribution in [0.4, 0.5) is 5.00 Å². The van der Waals surface area contributed by atoms with E-state index >= 15 is 0 Å². The van der Waals surface area contributed by atoms with Gasteiger partial charge >= 0.3 is 5.97 Å². The Morgan fingerprint density at radius 1 is 1.63 bits per heavy atom. The summed E-state index contributed by atoms with van der Waals surface area (Å²) < 4.78 is 9.00. The van der Waals surface area contributed by atoms with E-state index in [9.17, 15) is 4.79 Å². The highest BCUT2D eigenvalue weighted by Gasteiger charge is 2.30. The smallest absolute Gasteiger partial charge is 0.323 e. The van der Waals surface area contributed by atoms with E-state index in [1.165, 1.54) is 11.5 Å². The fourth-order valence-electron chi connectivity index (χ4n) is 2.30. The first kappa shape index (κ1) is 14.2. The first-order chi connectivity index (χ1) is 9.26. The summed E-state index contributed by atoms with van der Waals surface area (Å²) in [5.41, 5.74) is 3.37. The molecule has 1 aliphatic rings. The predicted molar refractivity (Wildman–Crippen MR) is 72.4 cm³/mol. The molecule has 0 spiro atoms. The van der Waals surface area contributed by atoms with Crippen molar-refractivity contribution in [2.24, 2.45) is 5.84 Å². The lowest BCUT2D eigenvalue weighted by molar-refractivity contribution is -0.151. The fourth-order valence-corrected chi connectivity index (χ4v) is 2.78. The van der Waals surface area contributed by atoms with Gasteiger partial charge in [0.1, 0.15) is 16.7 Å². The minimum Gasteiger partial charge on any atom is -0.465 e. The second-order valence-electron chi connectivity index (χ2n) is 4.43. The summed E-state index contributed by atoms with van der Waals surface area (Å²) in [5.74, 6) is 5.27. The van der Waals surface area contributed by atoms with E-state index in [1.807, 2.05) is 6.92 Å². The summed E-state index contributed by atoms with van der Waals surface area (Å²) in [5, 5.41) is 4.80. The van der Waals surface area contributed by atoms with Crippen LogP contribution in [0.15, 0.2) is 0 Å². The van der Waals surface area contributed by atoms with Crippen LogP contribution in [0.5, 0.6) is 0 Å². The molecule has 0 saturated carbocycles. The Labute approximate surface area is 116 Å². The maximum absolute atomic E-state index is 12.0.